The number of benzene rings is 2. The lowest BCUT2D eigenvalue weighted by atomic mass is 10.1. The van der Waals surface area contributed by atoms with E-state index < -0.39 is 0 Å². The first-order valence-corrected chi connectivity index (χ1v) is 7.73. The highest BCUT2D eigenvalue weighted by molar-refractivity contribution is 9.10. The van der Waals surface area contributed by atoms with E-state index in [1.165, 1.54) is 0 Å². The summed E-state index contributed by atoms with van der Waals surface area (Å²) < 4.78 is 6.12. The summed E-state index contributed by atoms with van der Waals surface area (Å²) in [6.07, 6.45) is 0. The maximum Gasteiger partial charge on any atom is 0.252 e. The molecule has 110 valence electrons. The average Bonchev–Trinajstić information content (AvgIpc) is 2.45. The van der Waals surface area contributed by atoms with Crippen LogP contribution in [0.25, 0.3) is 0 Å². The van der Waals surface area contributed by atoms with Gasteiger partial charge in [-0.05, 0) is 30.3 Å². The minimum absolute atomic E-state index is 0.213. The van der Waals surface area contributed by atoms with Crippen molar-refractivity contribution < 1.29 is 9.53 Å². The molecule has 0 radical (unpaired) electrons. The smallest absolute Gasteiger partial charge is 0.252 e. The van der Waals surface area contributed by atoms with E-state index in [0.717, 1.165) is 10.0 Å². The number of halogens is 2. The molecule has 0 bridgehead atoms. The number of amides is 1. The van der Waals surface area contributed by atoms with Crippen molar-refractivity contribution in [1.82, 2.24) is 5.32 Å². The molecule has 2 aromatic carbocycles. The van der Waals surface area contributed by atoms with Gasteiger partial charge in [-0.25, -0.2) is 0 Å². The summed E-state index contributed by atoms with van der Waals surface area (Å²) in [6, 6.07) is 10.6. The Kier molecular flexibility index (Phi) is 5.56. The Morgan fingerprint density at radius 1 is 1.38 bits per heavy atom. The van der Waals surface area contributed by atoms with Crippen LogP contribution in [0, 0.1) is 0 Å². The van der Waals surface area contributed by atoms with Gasteiger partial charge in [-0.15, -0.1) is 12.6 Å². The lowest BCUT2D eigenvalue weighted by molar-refractivity contribution is 0.0948. The number of rotatable bonds is 4. The summed E-state index contributed by atoms with van der Waals surface area (Å²) in [5.74, 6) is 0.430. The molecule has 0 saturated heterocycles. The highest BCUT2D eigenvalue weighted by atomic mass is 79.9. The van der Waals surface area contributed by atoms with Gasteiger partial charge in [-0.3, -0.25) is 4.79 Å². The number of ether oxygens (including phenoxy) is 1. The Hall–Kier alpha value is -1.17. The molecule has 0 saturated carbocycles. The summed E-state index contributed by atoms with van der Waals surface area (Å²) in [4.78, 5) is 12.8. The predicted octanol–water partition coefficient (Wildman–Crippen LogP) is 4.33. The monoisotopic (exact) mass is 385 g/mol. The molecule has 0 heterocycles. The van der Waals surface area contributed by atoms with Crippen molar-refractivity contribution in [2.24, 2.45) is 0 Å². The standard InChI is InChI=1S/C15H13BrClNO2S/c1-20-13-4-2-3-12(17)11(13)8-18-15(19)10-6-5-9(16)7-14(10)21/h2-7,21H,8H2,1H3,(H,18,19). The van der Waals surface area contributed by atoms with Crippen LogP contribution in [0.4, 0.5) is 0 Å². The molecule has 0 unspecified atom stereocenters. The Morgan fingerprint density at radius 2 is 2.14 bits per heavy atom. The second kappa shape index (κ2) is 7.20. The van der Waals surface area contributed by atoms with Gasteiger partial charge in [0.05, 0.1) is 12.7 Å². The number of carbonyl (C=O) groups excluding carboxylic acids is 1. The largest absolute Gasteiger partial charge is 0.496 e. The third kappa shape index (κ3) is 3.93. The van der Waals surface area contributed by atoms with Crippen LogP contribution in [0.15, 0.2) is 45.8 Å². The zero-order valence-electron chi connectivity index (χ0n) is 11.2. The van der Waals surface area contributed by atoms with E-state index >= 15 is 0 Å². The zero-order chi connectivity index (χ0) is 15.4. The molecule has 0 fully saturated rings. The van der Waals surface area contributed by atoms with Crippen molar-refractivity contribution in [2.45, 2.75) is 11.4 Å². The Balaban J connectivity index is 2.15. The number of carbonyl (C=O) groups is 1. The van der Waals surface area contributed by atoms with Gasteiger partial charge >= 0.3 is 0 Å². The number of hydrogen-bond acceptors (Lipinski definition) is 3. The fourth-order valence-corrected chi connectivity index (χ4v) is 2.95. The maximum absolute atomic E-state index is 12.2. The maximum atomic E-state index is 12.2. The number of thiol groups is 1. The van der Waals surface area contributed by atoms with Crippen LogP contribution < -0.4 is 10.1 Å². The molecule has 1 N–H and O–H groups in total. The summed E-state index contributed by atoms with van der Waals surface area (Å²) >= 11 is 13.8. The predicted molar refractivity (Wildman–Crippen MR) is 90.6 cm³/mol. The van der Waals surface area contributed by atoms with Gasteiger partial charge in [0.15, 0.2) is 0 Å². The third-order valence-corrected chi connectivity index (χ3v) is 4.14. The van der Waals surface area contributed by atoms with Gasteiger partial charge in [0.2, 0.25) is 0 Å². The molecule has 1 amide bonds. The molecule has 2 aromatic rings. The van der Waals surface area contributed by atoms with E-state index in [9.17, 15) is 4.79 Å². The zero-order valence-corrected chi connectivity index (χ0v) is 14.4. The normalized spacial score (nSPS) is 10.3. The van der Waals surface area contributed by atoms with Gasteiger partial charge in [0.25, 0.3) is 5.91 Å². The van der Waals surface area contributed by atoms with Crippen molar-refractivity contribution in [1.29, 1.82) is 0 Å². The second-order valence-corrected chi connectivity index (χ2v) is 6.07. The third-order valence-electron chi connectivity index (χ3n) is 2.93. The molecular formula is C15H13BrClNO2S. The van der Waals surface area contributed by atoms with E-state index in [2.05, 4.69) is 33.9 Å². The van der Waals surface area contributed by atoms with Crippen LogP contribution in [0.2, 0.25) is 5.02 Å². The van der Waals surface area contributed by atoms with Crippen LogP contribution in [0.3, 0.4) is 0 Å². The van der Waals surface area contributed by atoms with Crippen molar-refractivity contribution in [3.63, 3.8) is 0 Å². The minimum Gasteiger partial charge on any atom is -0.496 e. The molecule has 0 aliphatic rings. The highest BCUT2D eigenvalue weighted by Crippen LogP contribution is 2.26. The lowest BCUT2D eigenvalue weighted by Crippen LogP contribution is -2.23. The van der Waals surface area contributed by atoms with Crippen LogP contribution in [0.1, 0.15) is 15.9 Å². The lowest BCUT2D eigenvalue weighted by Gasteiger charge is -2.12. The van der Waals surface area contributed by atoms with Crippen molar-refractivity contribution in [2.75, 3.05) is 7.11 Å². The first-order chi connectivity index (χ1) is 10.0. The van der Waals surface area contributed by atoms with Crippen molar-refractivity contribution >= 4 is 46.1 Å². The second-order valence-electron chi connectivity index (χ2n) is 4.26. The molecule has 21 heavy (non-hydrogen) atoms. The molecule has 0 spiro atoms. The van der Waals surface area contributed by atoms with E-state index in [4.69, 9.17) is 16.3 Å². The Bertz CT molecular complexity index is 679. The van der Waals surface area contributed by atoms with Crippen LogP contribution in [0.5, 0.6) is 5.75 Å². The fourth-order valence-electron chi connectivity index (χ4n) is 1.86. The summed E-state index contributed by atoms with van der Waals surface area (Å²) in [5, 5.41) is 3.38. The topological polar surface area (TPSA) is 38.3 Å². The van der Waals surface area contributed by atoms with Crippen LogP contribution >= 0.6 is 40.2 Å². The van der Waals surface area contributed by atoms with Crippen molar-refractivity contribution in [3.05, 3.63) is 57.0 Å². The quantitative estimate of drug-likeness (QED) is 0.768. The van der Waals surface area contributed by atoms with Gasteiger partial charge in [0, 0.05) is 26.5 Å². The van der Waals surface area contributed by atoms with Gasteiger partial charge in [-0.2, -0.15) is 0 Å². The van der Waals surface area contributed by atoms with E-state index in [1.54, 1.807) is 43.5 Å². The fraction of sp³-hybridized carbons (Fsp3) is 0.133. The van der Waals surface area contributed by atoms with E-state index in [0.29, 0.717) is 21.2 Å². The summed E-state index contributed by atoms with van der Waals surface area (Å²) in [5.41, 5.74) is 1.25. The summed E-state index contributed by atoms with van der Waals surface area (Å²) in [7, 11) is 1.57. The van der Waals surface area contributed by atoms with Gasteiger partial charge < -0.3 is 10.1 Å². The molecule has 0 aliphatic heterocycles. The van der Waals surface area contributed by atoms with Crippen molar-refractivity contribution in [3.8, 4) is 5.75 Å². The molecular weight excluding hydrogens is 374 g/mol. The molecule has 0 atom stereocenters. The van der Waals surface area contributed by atoms with E-state index in [1.807, 2.05) is 0 Å². The van der Waals surface area contributed by atoms with Crippen LogP contribution in [-0.2, 0) is 6.54 Å². The number of hydrogen-bond donors (Lipinski definition) is 2. The Labute approximate surface area is 142 Å². The number of methoxy groups -OCH3 is 1. The molecule has 6 heteroatoms. The molecule has 3 nitrogen and oxygen atoms in total. The van der Waals surface area contributed by atoms with E-state index in [-0.39, 0.29) is 12.5 Å². The first kappa shape index (κ1) is 16.2. The van der Waals surface area contributed by atoms with Crippen LogP contribution in [-0.4, -0.2) is 13.0 Å². The minimum atomic E-state index is -0.213. The molecule has 0 aromatic heterocycles. The Morgan fingerprint density at radius 3 is 2.81 bits per heavy atom. The molecule has 2 rings (SSSR count). The van der Waals surface area contributed by atoms with Gasteiger partial charge in [-0.1, -0.05) is 33.6 Å². The SMILES string of the molecule is COc1cccc(Cl)c1CNC(=O)c1ccc(Br)cc1S. The average molecular weight is 387 g/mol. The summed E-state index contributed by atoms with van der Waals surface area (Å²) in [6.45, 7) is 0.283. The first-order valence-electron chi connectivity index (χ1n) is 6.11. The molecule has 0 aliphatic carbocycles. The highest BCUT2D eigenvalue weighted by Gasteiger charge is 2.12. The number of nitrogens with one attached hydrogen (secondary N) is 1. The van der Waals surface area contributed by atoms with Gasteiger partial charge in [0.1, 0.15) is 5.75 Å².